The molecule has 0 fully saturated rings. The Morgan fingerprint density at radius 2 is 0.939 bits per heavy atom. The summed E-state index contributed by atoms with van der Waals surface area (Å²) >= 11 is 0. The fraction of sp³-hybridized carbons (Fsp3) is 0.190. The maximum atomic E-state index is 14.9. The van der Waals surface area contributed by atoms with Gasteiger partial charge >= 0.3 is 11.9 Å². The molecular formula is C42H39FO6. The average Bonchev–Trinajstić information content (AvgIpc) is 3.11. The molecule has 0 heterocycles. The van der Waals surface area contributed by atoms with Crippen LogP contribution in [0.2, 0.25) is 0 Å². The smallest absolute Gasteiger partial charge is 0.333 e. The van der Waals surface area contributed by atoms with Gasteiger partial charge in [-0.1, -0.05) is 79.9 Å². The molecule has 0 aliphatic rings. The maximum absolute atomic E-state index is 14.9. The summed E-state index contributed by atoms with van der Waals surface area (Å²) in [5.41, 5.74) is 6.77. The number of ether oxygens (including phenoxy) is 4. The van der Waals surface area contributed by atoms with Gasteiger partial charge < -0.3 is 18.9 Å². The van der Waals surface area contributed by atoms with Crippen molar-refractivity contribution in [3.05, 3.63) is 133 Å². The van der Waals surface area contributed by atoms with E-state index in [2.05, 4.69) is 67.8 Å². The Balaban J connectivity index is 1.16. The second-order valence-corrected chi connectivity index (χ2v) is 11.8. The van der Waals surface area contributed by atoms with Gasteiger partial charge in [0.1, 0.15) is 5.75 Å². The van der Waals surface area contributed by atoms with Gasteiger partial charge in [-0.15, -0.1) is 0 Å². The SMILES string of the molecule is C=C(C)C(=O)OCCCOc1ccc(-c2ccc(-c3ccc4cc(-c5ccc(OCCCOC(=O)C(=C)C)c(F)c5)ccc4c3)cc2)cc1. The maximum Gasteiger partial charge on any atom is 0.333 e. The van der Waals surface area contributed by atoms with Crippen LogP contribution in [0, 0.1) is 5.82 Å². The molecule has 0 spiro atoms. The first-order chi connectivity index (χ1) is 23.7. The molecule has 5 rings (SSSR count). The quantitative estimate of drug-likeness (QED) is 0.0634. The Labute approximate surface area is 286 Å². The van der Waals surface area contributed by atoms with E-state index in [9.17, 15) is 14.0 Å². The van der Waals surface area contributed by atoms with Crippen LogP contribution in [-0.2, 0) is 19.1 Å². The third-order valence-corrected chi connectivity index (χ3v) is 7.78. The van der Waals surface area contributed by atoms with Gasteiger partial charge in [-0.3, -0.25) is 0 Å². The molecule has 7 heteroatoms. The van der Waals surface area contributed by atoms with Crippen molar-refractivity contribution in [2.75, 3.05) is 26.4 Å². The zero-order valence-electron chi connectivity index (χ0n) is 27.8. The molecule has 0 aliphatic carbocycles. The van der Waals surface area contributed by atoms with Crippen molar-refractivity contribution in [2.24, 2.45) is 0 Å². The molecule has 0 aromatic heterocycles. The minimum Gasteiger partial charge on any atom is -0.493 e. The molecule has 0 saturated carbocycles. The van der Waals surface area contributed by atoms with Gasteiger partial charge in [-0.2, -0.15) is 0 Å². The predicted molar refractivity (Wildman–Crippen MR) is 192 cm³/mol. The van der Waals surface area contributed by atoms with E-state index in [0.717, 1.165) is 49.9 Å². The number of carbonyl (C=O) groups is 2. The molecule has 6 nitrogen and oxygen atoms in total. The van der Waals surface area contributed by atoms with Crippen molar-refractivity contribution in [3.8, 4) is 44.9 Å². The second kappa shape index (κ2) is 16.4. The van der Waals surface area contributed by atoms with Crippen LogP contribution in [-0.4, -0.2) is 38.4 Å². The first-order valence-electron chi connectivity index (χ1n) is 16.1. The summed E-state index contributed by atoms with van der Waals surface area (Å²) in [4.78, 5) is 22.9. The lowest BCUT2D eigenvalue weighted by atomic mass is 9.96. The minimum absolute atomic E-state index is 0.157. The molecule has 5 aromatic rings. The molecule has 0 bridgehead atoms. The summed E-state index contributed by atoms with van der Waals surface area (Å²) in [6, 6.07) is 33.7. The number of halogens is 1. The molecule has 0 N–H and O–H groups in total. The first kappa shape index (κ1) is 34.6. The molecule has 0 aliphatic heterocycles. The van der Waals surface area contributed by atoms with Gasteiger partial charge in [0.05, 0.1) is 26.4 Å². The lowest BCUT2D eigenvalue weighted by Crippen LogP contribution is -2.09. The number of hydrogen-bond acceptors (Lipinski definition) is 6. The van der Waals surface area contributed by atoms with E-state index in [4.69, 9.17) is 18.9 Å². The number of benzene rings is 5. The van der Waals surface area contributed by atoms with Crippen LogP contribution in [0.25, 0.3) is 44.2 Å². The second-order valence-electron chi connectivity index (χ2n) is 11.8. The van der Waals surface area contributed by atoms with Gasteiger partial charge in [-0.25, -0.2) is 14.0 Å². The molecule has 250 valence electrons. The van der Waals surface area contributed by atoms with Gasteiger partial charge in [-0.05, 0) is 94.4 Å². The fourth-order valence-corrected chi connectivity index (χ4v) is 5.07. The Morgan fingerprint density at radius 1 is 0.531 bits per heavy atom. The number of esters is 2. The predicted octanol–water partition coefficient (Wildman–Crippen LogP) is 9.76. The monoisotopic (exact) mass is 658 g/mol. The summed E-state index contributed by atoms with van der Waals surface area (Å²) in [5, 5.41) is 2.14. The minimum atomic E-state index is -0.449. The Hall–Kier alpha value is -5.69. The summed E-state index contributed by atoms with van der Waals surface area (Å²) in [7, 11) is 0. The Morgan fingerprint density at radius 3 is 1.45 bits per heavy atom. The summed E-state index contributed by atoms with van der Waals surface area (Å²) < 4.78 is 36.3. The zero-order chi connectivity index (χ0) is 34.8. The van der Waals surface area contributed by atoms with E-state index in [-0.39, 0.29) is 24.9 Å². The van der Waals surface area contributed by atoms with E-state index < -0.39 is 11.8 Å². The highest BCUT2D eigenvalue weighted by atomic mass is 19.1. The number of rotatable bonds is 15. The lowest BCUT2D eigenvalue weighted by Gasteiger charge is -2.11. The third kappa shape index (κ3) is 9.45. The normalized spacial score (nSPS) is 10.8. The van der Waals surface area contributed by atoms with Crippen molar-refractivity contribution in [3.63, 3.8) is 0 Å². The highest BCUT2D eigenvalue weighted by Crippen LogP contribution is 2.32. The highest BCUT2D eigenvalue weighted by molar-refractivity contribution is 5.91. The molecule has 0 atom stereocenters. The van der Waals surface area contributed by atoms with Crippen LogP contribution in [0.5, 0.6) is 11.5 Å². The van der Waals surface area contributed by atoms with Crippen molar-refractivity contribution >= 4 is 22.7 Å². The Bertz CT molecular complexity index is 1960. The lowest BCUT2D eigenvalue weighted by molar-refractivity contribution is -0.140. The van der Waals surface area contributed by atoms with Crippen molar-refractivity contribution < 1.29 is 32.9 Å². The van der Waals surface area contributed by atoms with Crippen LogP contribution in [0.3, 0.4) is 0 Å². The van der Waals surface area contributed by atoms with E-state index in [1.807, 2.05) is 36.4 Å². The van der Waals surface area contributed by atoms with Crippen molar-refractivity contribution in [1.29, 1.82) is 0 Å². The Kier molecular flexibility index (Phi) is 11.6. The first-order valence-corrected chi connectivity index (χ1v) is 16.1. The molecule has 49 heavy (non-hydrogen) atoms. The van der Waals surface area contributed by atoms with Crippen LogP contribution in [0.15, 0.2) is 127 Å². The van der Waals surface area contributed by atoms with Gasteiger partial charge in [0.2, 0.25) is 0 Å². The third-order valence-electron chi connectivity index (χ3n) is 7.78. The van der Waals surface area contributed by atoms with E-state index in [0.29, 0.717) is 37.2 Å². The number of fused-ring (bicyclic) bond motifs is 1. The largest absolute Gasteiger partial charge is 0.493 e. The summed E-state index contributed by atoms with van der Waals surface area (Å²) in [6.45, 7) is 11.5. The van der Waals surface area contributed by atoms with E-state index in [1.165, 1.54) is 6.07 Å². The van der Waals surface area contributed by atoms with Crippen molar-refractivity contribution in [1.82, 2.24) is 0 Å². The van der Waals surface area contributed by atoms with Gasteiger partial charge in [0.15, 0.2) is 11.6 Å². The van der Waals surface area contributed by atoms with Crippen LogP contribution >= 0.6 is 0 Å². The topological polar surface area (TPSA) is 71.1 Å². The van der Waals surface area contributed by atoms with Crippen molar-refractivity contribution in [2.45, 2.75) is 26.7 Å². The molecule has 0 saturated heterocycles. The van der Waals surface area contributed by atoms with E-state index in [1.54, 1.807) is 19.9 Å². The zero-order valence-corrected chi connectivity index (χ0v) is 27.8. The molecule has 0 amide bonds. The summed E-state index contributed by atoms with van der Waals surface area (Å²) in [6.07, 6.45) is 1.05. The summed E-state index contributed by atoms with van der Waals surface area (Å²) in [5.74, 6) is -0.363. The molecular weight excluding hydrogens is 619 g/mol. The average molecular weight is 659 g/mol. The molecule has 5 aromatic carbocycles. The van der Waals surface area contributed by atoms with E-state index >= 15 is 0 Å². The van der Waals surface area contributed by atoms with Crippen LogP contribution in [0.1, 0.15) is 26.7 Å². The van der Waals surface area contributed by atoms with Crippen LogP contribution in [0.4, 0.5) is 4.39 Å². The number of hydrogen-bond donors (Lipinski definition) is 0. The molecule has 0 radical (unpaired) electrons. The van der Waals surface area contributed by atoms with Crippen LogP contribution < -0.4 is 9.47 Å². The number of carbonyl (C=O) groups excluding carboxylic acids is 2. The highest BCUT2D eigenvalue weighted by Gasteiger charge is 2.10. The fourth-order valence-electron chi connectivity index (χ4n) is 5.07. The van der Waals surface area contributed by atoms with Gasteiger partial charge in [0.25, 0.3) is 0 Å². The standard InChI is InChI=1S/C42H39FO6/c1-28(2)41(44)48-23-5-21-46-38-18-15-31(16-19-38)30-7-9-32(10-8-30)33-11-12-35-26-36(14-13-34(35)25-33)37-17-20-40(39(43)27-37)47-22-6-24-49-42(45)29(3)4/h7-20,25-27H,1,3,5-6,21-24H2,2,4H3. The molecule has 0 unspecified atom stereocenters. The van der Waals surface area contributed by atoms with Gasteiger partial charge in [0, 0.05) is 24.0 Å².